The summed E-state index contributed by atoms with van der Waals surface area (Å²) in [7, 11) is 1.74. The maximum absolute atomic E-state index is 5.52. The summed E-state index contributed by atoms with van der Waals surface area (Å²) in [6, 6.07) is 0. The van der Waals surface area contributed by atoms with Gasteiger partial charge in [-0.1, -0.05) is 13.8 Å². The summed E-state index contributed by atoms with van der Waals surface area (Å²) in [6.07, 6.45) is 2.88. The maximum Gasteiger partial charge on any atom is 0.125 e. The van der Waals surface area contributed by atoms with E-state index in [1.54, 1.807) is 18.4 Å². The molecule has 1 aromatic heterocycles. The van der Waals surface area contributed by atoms with Gasteiger partial charge in [-0.25, -0.2) is 4.98 Å². The van der Waals surface area contributed by atoms with Crippen molar-refractivity contribution in [1.29, 1.82) is 0 Å². The van der Waals surface area contributed by atoms with E-state index < -0.39 is 0 Å². The Balaban J connectivity index is 2.74. The van der Waals surface area contributed by atoms with Crippen LogP contribution in [0.3, 0.4) is 0 Å². The van der Waals surface area contributed by atoms with Crippen LogP contribution in [0.25, 0.3) is 0 Å². The van der Waals surface area contributed by atoms with Crippen molar-refractivity contribution in [3.05, 3.63) is 16.1 Å². The molecule has 15 heavy (non-hydrogen) atoms. The van der Waals surface area contributed by atoms with Gasteiger partial charge in [0, 0.05) is 24.7 Å². The third-order valence-electron chi connectivity index (χ3n) is 2.68. The van der Waals surface area contributed by atoms with Gasteiger partial charge in [0.15, 0.2) is 0 Å². The number of hydrogen-bond donors (Lipinski definition) is 1. The zero-order valence-electron chi connectivity index (χ0n) is 9.96. The number of nitrogens with zero attached hydrogens (tertiary/aromatic N) is 1. The minimum Gasteiger partial charge on any atom is -0.371 e. The quantitative estimate of drug-likeness (QED) is 0.812. The molecule has 0 aliphatic carbocycles. The fourth-order valence-electron chi connectivity index (χ4n) is 1.26. The second-order valence-electron chi connectivity index (χ2n) is 3.70. The van der Waals surface area contributed by atoms with Crippen molar-refractivity contribution >= 4 is 11.3 Å². The summed E-state index contributed by atoms with van der Waals surface area (Å²) in [4.78, 5) is 5.70. The highest BCUT2D eigenvalue weighted by Gasteiger charge is 2.27. The highest BCUT2D eigenvalue weighted by molar-refractivity contribution is 7.11. The Hall–Kier alpha value is -0.450. The lowest BCUT2D eigenvalue weighted by molar-refractivity contribution is -0.00156. The molecule has 0 saturated carbocycles. The van der Waals surface area contributed by atoms with Crippen LogP contribution in [0.5, 0.6) is 0 Å². The highest BCUT2D eigenvalue weighted by Crippen LogP contribution is 2.31. The molecule has 4 heteroatoms. The van der Waals surface area contributed by atoms with Crippen molar-refractivity contribution < 1.29 is 4.74 Å². The monoisotopic (exact) mass is 228 g/mol. The molecule has 1 rings (SSSR count). The Labute approximate surface area is 95.9 Å². The smallest absolute Gasteiger partial charge is 0.125 e. The van der Waals surface area contributed by atoms with Crippen LogP contribution < -0.4 is 5.32 Å². The fraction of sp³-hybridized carbons (Fsp3) is 0.727. The van der Waals surface area contributed by atoms with Crippen molar-refractivity contribution in [2.45, 2.75) is 39.3 Å². The summed E-state index contributed by atoms with van der Waals surface area (Å²) in [6.45, 7) is 8.20. The van der Waals surface area contributed by atoms with E-state index in [0.29, 0.717) is 0 Å². The standard InChI is InChI=1S/C11H20N2OS/c1-5-11(3,14-4)10-13-8-9(15-10)7-12-6-2/h8,12H,5-7H2,1-4H3. The summed E-state index contributed by atoms with van der Waals surface area (Å²) >= 11 is 1.73. The first-order chi connectivity index (χ1) is 7.16. The molecular weight excluding hydrogens is 208 g/mol. The first-order valence-electron chi connectivity index (χ1n) is 5.37. The first-order valence-corrected chi connectivity index (χ1v) is 6.19. The van der Waals surface area contributed by atoms with Gasteiger partial charge >= 0.3 is 0 Å². The minimum atomic E-state index is -0.227. The van der Waals surface area contributed by atoms with Crippen LogP contribution in [0.1, 0.15) is 37.1 Å². The van der Waals surface area contributed by atoms with Gasteiger partial charge in [0.2, 0.25) is 0 Å². The third kappa shape index (κ3) is 3.00. The van der Waals surface area contributed by atoms with Gasteiger partial charge in [-0.15, -0.1) is 11.3 Å². The number of ether oxygens (including phenoxy) is 1. The summed E-state index contributed by atoms with van der Waals surface area (Å²) < 4.78 is 5.52. The van der Waals surface area contributed by atoms with E-state index in [0.717, 1.165) is 24.5 Å². The number of nitrogens with one attached hydrogen (secondary N) is 1. The molecule has 86 valence electrons. The van der Waals surface area contributed by atoms with E-state index in [1.807, 2.05) is 6.20 Å². The van der Waals surface area contributed by atoms with Crippen molar-refractivity contribution in [1.82, 2.24) is 10.3 Å². The Morgan fingerprint density at radius 2 is 2.27 bits per heavy atom. The molecule has 1 aromatic rings. The molecule has 0 aliphatic rings. The van der Waals surface area contributed by atoms with Crippen LogP contribution in [0.2, 0.25) is 0 Å². The lowest BCUT2D eigenvalue weighted by Crippen LogP contribution is -2.22. The van der Waals surface area contributed by atoms with E-state index in [-0.39, 0.29) is 5.60 Å². The lowest BCUT2D eigenvalue weighted by Gasteiger charge is -2.23. The lowest BCUT2D eigenvalue weighted by atomic mass is 10.1. The molecule has 1 N–H and O–H groups in total. The molecule has 3 nitrogen and oxygen atoms in total. The molecule has 0 bridgehead atoms. The fourth-order valence-corrected chi connectivity index (χ4v) is 2.34. The van der Waals surface area contributed by atoms with Gasteiger partial charge in [-0.3, -0.25) is 0 Å². The van der Waals surface area contributed by atoms with Gasteiger partial charge in [0.25, 0.3) is 0 Å². The van der Waals surface area contributed by atoms with Gasteiger partial charge < -0.3 is 10.1 Å². The predicted molar refractivity (Wildman–Crippen MR) is 64.1 cm³/mol. The molecule has 0 aliphatic heterocycles. The van der Waals surface area contributed by atoms with Gasteiger partial charge in [0.1, 0.15) is 10.6 Å². The zero-order valence-corrected chi connectivity index (χ0v) is 10.8. The normalized spacial score (nSPS) is 15.2. The van der Waals surface area contributed by atoms with E-state index in [9.17, 15) is 0 Å². The largest absolute Gasteiger partial charge is 0.371 e. The molecule has 0 fully saturated rings. The average molecular weight is 228 g/mol. The first kappa shape index (κ1) is 12.6. The van der Waals surface area contributed by atoms with E-state index in [1.165, 1.54) is 4.88 Å². The van der Waals surface area contributed by atoms with Gasteiger partial charge in [-0.05, 0) is 19.9 Å². The molecule has 0 saturated heterocycles. The van der Waals surface area contributed by atoms with Crippen molar-refractivity contribution in [3.8, 4) is 0 Å². The second kappa shape index (κ2) is 5.58. The summed E-state index contributed by atoms with van der Waals surface area (Å²) in [5.41, 5.74) is -0.227. The van der Waals surface area contributed by atoms with Gasteiger partial charge in [-0.2, -0.15) is 0 Å². The van der Waals surface area contributed by atoms with Crippen LogP contribution >= 0.6 is 11.3 Å². The van der Waals surface area contributed by atoms with Crippen LogP contribution in [0.15, 0.2) is 6.20 Å². The van der Waals surface area contributed by atoms with Crippen LogP contribution in [-0.2, 0) is 16.9 Å². The van der Waals surface area contributed by atoms with E-state index in [4.69, 9.17) is 4.74 Å². The minimum absolute atomic E-state index is 0.227. The summed E-state index contributed by atoms with van der Waals surface area (Å²) in [5.74, 6) is 0. The topological polar surface area (TPSA) is 34.2 Å². The number of rotatable bonds is 6. The van der Waals surface area contributed by atoms with Crippen LogP contribution in [0.4, 0.5) is 0 Å². The molecule has 0 aromatic carbocycles. The second-order valence-corrected chi connectivity index (χ2v) is 4.82. The van der Waals surface area contributed by atoms with Crippen molar-refractivity contribution in [2.24, 2.45) is 0 Å². The molecule has 0 amide bonds. The highest BCUT2D eigenvalue weighted by atomic mass is 32.1. The van der Waals surface area contributed by atoms with E-state index in [2.05, 4.69) is 31.1 Å². The molecule has 1 heterocycles. The Morgan fingerprint density at radius 1 is 1.53 bits per heavy atom. The van der Waals surface area contributed by atoms with Crippen molar-refractivity contribution in [2.75, 3.05) is 13.7 Å². The Morgan fingerprint density at radius 3 is 2.80 bits per heavy atom. The Kier molecular flexibility index (Phi) is 4.70. The molecule has 0 spiro atoms. The molecule has 0 radical (unpaired) electrons. The molecular formula is C11H20N2OS. The van der Waals surface area contributed by atoms with E-state index >= 15 is 0 Å². The van der Waals surface area contributed by atoms with Crippen LogP contribution in [0, 0.1) is 0 Å². The Bertz CT molecular complexity index is 295. The summed E-state index contributed by atoms with van der Waals surface area (Å²) in [5, 5.41) is 4.36. The molecule has 1 atom stereocenters. The number of thiazole rings is 1. The average Bonchev–Trinajstić information content (AvgIpc) is 2.74. The maximum atomic E-state index is 5.52. The predicted octanol–water partition coefficient (Wildman–Crippen LogP) is 2.52. The number of hydrogen-bond acceptors (Lipinski definition) is 4. The van der Waals surface area contributed by atoms with Crippen molar-refractivity contribution in [3.63, 3.8) is 0 Å². The number of methoxy groups -OCH3 is 1. The number of aromatic nitrogens is 1. The van der Waals surface area contributed by atoms with Crippen LogP contribution in [-0.4, -0.2) is 18.6 Å². The SMILES string of the molecule is CCNCc1cnc(C(C)(CC)OC)s1. The third-order valence-corrected chi connectivity index (χ3v) is 3.92. The zero-order chi connectivity index (χ0) is 11.3. The van der Waals surface area contributed by atoms with Gasteiger partial charge in [0.05, 0.1) is 0 Å². The molecule has 1 unspecified atom stereocenters.